The molecule has 0 atom stereocenters. The summed E-state index contributed by atoms with van der Waals surface area (Å²) in [5.74, 6) is 1.15. The predicted molar refractivity (Wildman–Crippen MR) is 141 cm³/mol. The summed E-state index contributed by atoms with van der Waals surface area (Å²) in [5, 5.41) is 8.28. The second-order valence-electron chi connectivity index (χ2n) is 8.31. The monoisotopic (exact) mass is 462 g/mol. The SMILES string of the molecule is CCOc1cc(/C=C2/C(=O)N(c3ccccc3)N=C2C)ccc1OCc1ccc2ccccc2c1. The summed E-state index contributed by atoms with van der Waals surface area (Å²) in [6.45, 7) is 4.72. The first-order valence-corrected chi connectivity index (χ1v) is 11.7. The summed E-state index contributed by atoms with van der Waals surface area (Å²) in [6, 6.07) is 29.7. The van der Waals surface area contributed by atoms with Crippen molar-refractivity contribution in [2.75, 3.05) is 11.6 Å². The van der Waals surface area contributed by atoms with Crippen LogP contribution in [0.1, 0.15) is 25.0 Å². The van der Waals surface area contributed by atoms with Crippen LogP contribution >= 0.6 is 0 Å². The van der Waals surface area contributed by atoms with Crippen LogP contribution in [0.25, 0.3) is 16.8 Å². The van der Waals surface area contributed by atoms with Gasteiger partial charge in [-0.1, -0.05) is 60.7 Å². The van der Waals surface area contributed by atoms with E-state index in [1.807, 2.05) is 80.6 Å². The average Bonchev–Trinajstić information content (AvgIpc) is 3.17. The van der Waals surface area contributed by atoms with E-state index in [1.165, 1.54) is 15.8 Å². The Kier molecular flexibility index (Phi) is 6.31. The molecule has 1 aliphatic heterocycles. The molecule has 5 heteroatoms. The van der Waals surface area contributed by atoms with Crippen LogP contribution in [0.4, 0.5) is 5.69 Å². The van der Waals surface area contributed by atoms with Gasteiger partial charge in [-0.05, 0) is 72.2 Å². The molecule has 0 radical (unpaired) electrons. The smallest absolute Gasteiger partial charge is 0.280 e. The number of hydrazone groups is 1. The molecule has 0 saturated carbocycles. The van der Waals surface area contributed by atoms with Gasteiger partial charge in [-0.15, -0.1) is 0 Å². The maximum absolute atomic E-state index is 13.0. The fourth-order valence-corrected chi connectivity index (χ4v) is 4.09. The van der Waals surface area contributed by atoms with E-state index in [4.69, 9.17) is 9.47 Å². The van der Waals surface area contributed by atoms with Crippen molar-refractivity contribution in [3.63, 3.8) is 0 Å². The van der Waals surface area contributed by atoms with Crippen molar-refractivity contribution in [2.24, 2.45) is 5.10 Å². The first-order valence-electron chi connectivity index (χ1n) is 11.7. The summed E-state index contributed by atoms with van der Waals surface area (Å²) >= 11 is 0. The summed E-state index contributed by atoms with van der Waals surface area (Å²) < 4.78 is 12.0. The van der Waals surface area contributed by atoms with Gasteiger partial charge in [0.2, 0.25) is 0 Å². The molecule has 1 heterocycles. The number of benzene rings is 4. The summed E-state index contributed by atoms with van der Waals surface area (Å²) in [7, 11) is 0. The highest BCUT2D eigenvalue weighted by Crippen LogP contribution is 2.32. The third-order valence-corrected chi connectivity index (χ3v) is 5.85. The van der Waals surface area contributed by atoms with Crippen LogP contribution in [-0.4, -0.2) is 18.2 Å². The number of hydrogen-bond acceptors (Lipinski definition) is 4. The fourth-order valence-electron chi connectivity index (χ4n) is 4.09. The molecule has 5 rings (SSSR count). The molecule has 4 aromatic rings. The third kappa shape index (κ3) is 4.80. The number of anilines is 1. The molecule has 0 bridgehead atoms. The molecule has 0 aromatic heterocycles. The van der Waals surface area contributed by atoms with E-state index in [-0.39, 0.29) is 5.91 Å². The van der Waals surface area contributed by atoms with Gasteiger partial charge in [0.25, 0.3) is 5.91 Å². The highest BCUT2D eigenvalue weighted by atomic mass is 16.5. The van der Waals surface area contributed by atoms with Gasteiger partial charge >= 0.3 is 0 Å². The molecule has 5 nitrogen and oxygen atoms in total. The number of hydrogen-bond donors (Lipinski definition) is 0. The number of fused-ring (bicyclic) bond motifs is 1. The van der Waals surface area contributed by atoms with Gasteiger partial charge in [0.15, 0.2) is 11.5 Å². The Morgan fingerprint density at radius 1 is 0.829 bits per heavy atom. The largest absolute Gasteiger partial charge is 0.490 e. The number of carbonyl (C=O) groups excluding carboxylic acids is 1. The molecule has 174 valence electrons. The van der Waals surface area contributed by atoms with Gasteiger partial charge in [0.05, 0.1) is 23.6 Å². The zero-order valence-electron chi connectivity index (χ0n) is 19.8. The quantitative estimate of drug-likeness (QED) is 0.290. The van der Waals surface area contributed by atoms with Gasteiger partial charge in [0, 0.05) is 0 Å². The minimum absolute atomic E-state index is 0.150. The lowest BCUT2D eigenvalue weighted by atomic mass is 10.1. The van der Waals surface area contributed by atoms with Gasteiger partial charge in [-0.3, -0.25) is 4.79 Å². The van der Waals surface area contributed by atoms with Crippen LogP contribution in [0.5, 0.6) is 11.5 Å². The first-order chi connectivity index (χ1) is 17.1. The van der Waals surface area contributed by atoms with Crippen molar-refractivity contribution in [1.82, 2.24) is 0 Å². The number of rotatable bonds is 7. The lowest BCUT2D eigenvalue weighted by Gasteiger charge is -2.13. The number of amides is 1. The molecular weight excluding hydrogens is 436 g/mol. The van der Waals surface area contributed by atoms with Crippen LogP contribution in [0.2, 0.25) is 0 Å². The van der Waals surface area contributed by atoms with Crippen molar-refractivity contribution in [1.29, 1.82) is 0 Å². The second kappa shape index (κ2) is 9.85. The maximum Gasteiger partial charge on any atom is 0.280 e. The summed E-state index contributed by atoms with van der Waals surface area (Å²) in [6.07, 6.45) is 1.85. The maximum atomic E-state index is 13.0. The van der Waals surface area contributed by atoms with E-state index in [9.17, 15) is 4.79 Å². The Balaban J connectivity index is 1.36. The second-order valence-corrected chi connectivity index (χ2v) is 8.31. The molecule has 35 heavy (non-hydrogen) atoms. The molecule has 1 aliphatic rings. The molecule has 0 spiro atoms. The van der Waals surface area contributed by atoms with Crippen LogP contribution in [0.3, 0.4) is 0 Å². The summed E-state index contributed by atoms with van der Waals surface area (Å²) in [5.41, 5.74) is 3.91. The summed E-state index contributed by atoms with van der Waals surface area (Å²) in [4.78, 5) is 13.0. The molecule has 0 fully saturated rings. The van der Waals surface area contributed by atoms with Crippen molar-refractivity contribution >= 4 is 34.2 Å². The highest BCUT2D eigenvalue weighted by Gasteiger charge is 2.28. The molecule has 4 aromatic carbocycles. The van der Waals surface area contributed by atoms with Gasteiger partial charge in [-0.25, -0.2) is 0 Å². The van der Waals surface area contributed by atoms with Gasteiger partial charge in [-0.2, -0.15) is 10.1 Å². The Bertz CT molecular complexity index is 1440. The van der Waals surface area contributed by atoms with Crippen molar-refractivity contribution in [3.05, 3.63) is 108 Å². The van der Waals surface area contributed by atoms with Crippen molar-refractivity contribution in [3.8, 4) is 11.5 Å². The lowest BCUT2D eigenvalue weighted by molar-refractivity contribution is -0.114. The zero-order valence-corrected chi connectivity index (χ0v) is 19.8. The number of nitrogens with zero attached hydrogens (tertiary/aromatic N) is 2. The van der Waals surface area contributed by atoms with Crippen molar-refractivity contribution < 1.29 is 14.3 Å². The molecule has 0 saturated heterocycles. The Morgan fingerprint density at radius 2 is 1.60 bits per heavy atom. The van der Waals surface area contributed by atoms with Crippen LogP contribution in [0.15, 0.2) is 102 Å². The number of carbonyl (C=O) groups is 1. The van der Waals surface area contributed by atoms with E-state index in [0.29, 0.717) is 36.0 Å². The Hall–Kier alpha value is -4.38. The topological polar surface area (TPSA) is 51.1 Å². The zero-order chi connectivity index (χ0) is 24.2. The van der Waals surface area contributed by atoms with Crippen LogP contribution in [0, 0.1) is 0 Å². The van der Waals surface area contributed by atoms with E-state index in [2.05, 4.69) is 35.4 Å². The van der Waals surface area contributed by atoms with Gasteiger partial charge < -0.3 is 9.47 Å². The van der Waals surface area contributed by atoms with Gasteiger partial charge in [0.1, 0.15) is 6.61 Å². The molecular formula is C30H26N2O3. The minimum Gasteiger partial charge on any atom is -0.490 e. The first kappa shape index (κ1) is 22.4. The van der Waals surface area contributed by atoms with Crippen LogP contribution in [-0.2, 0) is 11.4 Å². The lowest BCUT2D eigenvalue weighted by Crippen LogP contribution is -2.21. The van der Waals surface area contributed by atoms with E-state index < -0.39 is 0 Å². The fraction of sp³-hybridized carbons (Fsp3) is 0.133. The average molecular weight is 463 g/mol. The molecule has 0 unspecified atom stereocenters. The van der Waals surface area contributed by atoms with Crippen molar-refractivity contribution in [2.45, 2.75) is 20.5 Å². The molecule has 0 aliphatic carbocycles. The minimum atomic E-state index is -0.150. The Labute approximate surface area is 204 Å². The number of ether oxygens (including phenoxy) is 2. The molecule has 0 N–H and O–H groups in total. The normalized spacial score (nSPS) is 14.5. The van der Waals surface area contributed by atoms with E-state index in [1.54, 1.807) is 0 Å². The van der Waals surface area contributed by atoms with E-state index >= 15 is 0 Å². The molecule has 1 amide bonds. The highest BCUT2D eigenvalue weighted by molar-refractivity contribution is 6.32. The standard InChI is InChI=1S/C30H26N2O3/c1-3-34-29-19-22(18-27-21(2)31-32(30(27)33)26-11-5-4-6-12-26)14-16-28(29)35-20-23-13-15-24-9-7-8-10-25(24)17-23/h4-19H,3,20H2,1-2H3/b27-18+. The number of para-hydroxylation sites is 1. The Morgan fingerprint density at radius 3 is 2.40 bits per heavy atom. The third-order valence-electron chi connectivity index (χ3n) is 5.85. The van der Waals surface area contributed by atoms with Crippen LogP contribution < -0.4 is 14.5 Å². The predicted octanol–water partition coefficient (Wildman–Crippen LogP) is 6.62. The van der Waals surface area contributed by atoms with E-state index in [0.717, 1.165) is 16.8 Å².